The van der Waals surface area contributed by atoms with E-state index >= 15 is 0 Å². The molecule has 29 heavy (non-hydrogen) atoms. The second-order valence-electron chi connectivity index (χ2n) is 6.24. The number of nitrogens with zero attached hydrogens (tertiary/aromatic N) is 3. The molecule has 1 aliphatic heterocycles. The zero-order valence-corrected chi connectivity index (χ0v) is 16.7. The number of alkyl halides is 3. The molecule has 3 aromatic rings. The van der Waals surface area contributed by atoms with Crippen LogP contribution >= 0.6 is 34.5 Å². The summed E-state index contributed by atoms with van der Waals surface area (Å²) in [6.07, 6.45) is -4.13. The molecule has 0 fully saturated rings. The van der Waals surface area contributed by atoms with E-state index in [0.29, 0.717) is 40.1 Å². The topological polar surface area (TPSA) is 71.3 Å². The summed E-state index contributed by atoms with van der Waals surface area (Å²) in [7, 11) is 0. The highest BCUT2D eigenvalue weighted by Gasteiger charge is 2.38. The van der Waals surface area contributed by atoms with Crippen molar-refractivity contribution < 1.29 is 22.5 Å². The number of halogens is 5. The van der Waals surface area contributed by atoms with Crippen LogP contribution in [-0.2, 0) is 19.1 Å². The van der Waals surface area contributed by atoms with E-state index in [1.807, 2.05) is 0 Å². The third-order valence-electron chi connectivity index (χ3n) is 4.16. The summed E-state index contributed by atoms with van der Waals surface area (Å²) in [5.41, 5.74) is 1.30. The van der Waals surface area contributed by atoms with Crippen LogP contribution < -0.4 is 5.32 Å². The zero-order valence-electron chi connectivity index (χ0n) is 14.4. The van der Waals surface area contributed by atoms with Gasteiger partial charge < -0.3 is 14.7 Å². The molecular formula is C17H11Cl2F3N4O2S. The molecule has 4 rings (SSSR count). The Morgan fingerprint density at radius 3 is 2.59 bits per heavy atom. The van der Waals surface area contributed by atoms with Gasteiger partial charge in [0.1, 0.15) is 0 Å². The van der Waals surface area contributed by atoms with Crippen LogP contribution in [0.1, 0.15) is 16.3 Å². The van der Waals surface area contributed by atoms with Crippen LogP contribution in [0.15, 0.2) is 28.8 Å². The Morgan fingerprint density at radius 2 is 1.93 bits per heavy atom. The van der Waals surface area contributed by atoms with Gasteiger partial charge in [0.05, 0.1) is 4.88 Å². The summed E-state index contributed by atoms with van der Waals surface area (Å²) in [5, 5.41) is 6.94. The molecule has 12 heteroatoms. The van der Waals surface area contributed by atoms with E-state index in [4.69, 9.17) is 23.2 Å². The molecule has 0 unspecified atom stereocenters. The smallest absolute Gasteiger partial charge is 0.329 e. The van der Waals surface area contributed by atoms with Crippen LogP contribution in [0.4, 0.5) is 23.7 Å². The quantitative estimate of drug-likeness (QED) is 0.528. The van der Waals surface area contributed by atoms with Gasteiger partial charge in [-0.15, -0.1) is 11.3 Å². The maximum Gasteiger partial charge on any atom is 0.471 e. The molecule has 0 atom stereocenters. The summed E-state index contributed by atoms with van der Waals surface area (Å²) >= 11 is 13.2. The summed E-state index contributed by atoms with van der Waals surface area (Å²) < 4.78 is 42.2. The number of amides is 2. The molecule has 0 saturated carbocycles. The van der Waals surface area contributed by atoms with Gasteiger partial charge >= 0.3 is 18.1 Å². The van der Waals surface area contributed by atoms with Gasteiger partial charge in [0, 0.05) is 33.7 Å². The number of anilines is 1. The minimum Gasteiger partial charge on any atom is -0.329 e. The normalized spacial score (nSPS) is 14.0. The first-order chi connectivity index (χ1) is 13.7. The Bertz CT molecular complexity index is 1060. The molecule has 1 aromatic carbocycles. The van der Waals surface area contributed by atoms with E-state index in [1.54, 1.807) is 29.2 Å². The Morgan fingerprint density at radius 1 is 1.21 bits per heavy atom. The lowest BCUT2D eigenvalue weighted by Gasteiger charge is -2.27. The number of urea groups is 1. The largest absolute Gasteiger partial charge is 0.471 e. The van der Waals surface area contributed by atoms with Gasteiger partial charge in [0.15, 0.2) is 0 Å². The number of fused-ring (bicyclic) bond motifs is 1. The van der Waals surface area contributed by atoms with Crippen LogP contribution in [-0.4, -0.2) is 27.6 Å². The van der Waals surface area contributed by atoms with Gasteiger partial charge in [-0.1, -0.05) is 28.4 Å². The average molecular weight is 463 g/mol. The molecule has 0 spiro atoms. The van der Waals surface area contributed by atoms with Crippen LogP contribution in [0.25, 0.3) is 10.7 Å². The van der Waals surface area contributed by atoms with Crippen LogP contribution in [0.2, 0.25) is 10.0 Å². The van der Waals surface area contributed by atoms with Crippen LogP contribution in [0.3, 0.4) is 0 Å². The number of benzene rings is 1. The highest BCUT2D eigenvalue weighted by atomic mass is 35.5. The van der Waals surface area contributed by atoms with Gasteiger partial charge in [0.2, 0.25) is 5.82 Å². The zero-order chi connectivity index (χ0) is 20.8. The lowest BCUT2D eigenvalue weighted by molar-refractivity contribution is -0.159. The summed E-state index contributed by atoms with van der Waals surface area (Å²) in [6, 6.07) is 6.07. The Hall–Kier alpha value is -2.30. The Labute approximate surface area is 176 Å². The van der Waals surface area contributed by atoms with Crippen molar-refractivity contribution in [1.82, 2.24) is 15.0 Å². The van der Waals surface area contributed by atoms with E-state index in [1.165, 1.54) is 11.3 Å². The van der Waals surface area contributed by atoms with Gasteiger partial charge in [0.25, 0.3) is 0 Å². The Kier molecular flexibility index (Phi) is 5.18. The summed E-state index contributed by atoms with van der Waals surface area (Å²) in [5.74, 6) is -1.51. The lowest BCUT2D eigenvalue weighted by atomic mass is 10.1. The standard InChI is InChI=1S/C17H11Cl2F3N4O2S/c18-9-4-10(19)6-11(5-9)23-16(27)26-2-1-12-8(7-26)3-13(29-12)14-24-15(28-25-14)17(20,21)22/h3-6H,1-2,7H2,(H,23,27). The number of hydrogen-bond acceptors (Lipinski definition) is 5. The average Bonchev–Trinajstić information content (AvgIpc) is 3.26. The first-order valence-electron chi connectivity index (χ1n) is 8.24. The van der Waals surface area contributed by atoms with E-state index in [2.05, 4.69) is 20.0 Å². The molecule has 0 saturated heterocycles. The van der Waals surface area contributed by atoms with Crippen molar-refractivity contribution in [3.05, 3.63) is 50.6 Å². The second-order valence-corrected chi connectivity index (χ2v) is 8.25. The number of aromatic nitrogens is 2. The van der Waals surface area contributed by atoms with Gasteiger partial charge in [-0.25, -0.2) is 4.79 Å². The first-order valence-corrected chi connectivity index (χ1v) is 9.81. The first kappa shape index (κ1) is 20.0. The molecule has 0 aliphatic carbocycles. The fraction of sp³-hybridized carbons (Fsp3) is 0.235. The van der Waals surface area contributed by atoms with Crippen molar-refractivity contribution >= 4 is 46.3 Å². The highest BCUT2D eigenvalue weighted by molar-refractivity contribution is 7.15. The molecule has 152 valence electrons. The molecule has 1 N–H and O–H groups in total. The van der Waals surface area contributed by atoms with E-state index < -0.39 is 12.1 Å². The number of rotatable bonds is 2. The predicted molar refractivity (Wildman–Crippen MR) is 102 cm³/mol. The lowest BCUT2D eigenvalue weighted by Crippen LogP contribution is -2.38. The number of carbonyl (C=O) groups is 1. The van der Waals surface area contributed by atoms with Crippen molar-refractivity contribution in [1.29, 1.82) is 0 Å². The summed E-state index contributed by atoms with van der Waals surface area (Å²) in [4.78, 5) is 19.0. The number of hydrogen-bond donors (Lipinski definition) is 1. The number of carbonyl (C=O) groups excluding carboxylic acids is 1. The molecule has 2 amide bonds. The third-order valence-corrected chi connectivity index (χ3v) is 5.83. The van der Waals surface area contributed by atoms with Gasteiger partial charge in [-0.3, -0.25) is 0 Å². The van der Waals surface area contributed by atoms with Gasteiger partial charge in [-0.05, 0) is 36.2 Å². The van der Waals surface area contributed by atoms with Crippen molar-refractivity contribution in [2.45, 2.75) is 19.1 Å². The van der Waals surface area contributed by atoms with Crippen molar-refractivity contribution in [2.24, 2.45) is 0 Å². The maximum atomic E-state index is 12.7. The molecule has 1 aliphatic rings. The predicted octanol–water partition coefficient (Wildman–Crippen LogP) is 5.71. The van der Waals surface area contributed by atoms with Gasteiger partial charge in [-0.2, -0.15) is 18.2 Å². The molecule has 3 heterocycles. The van der Waals surface area contributed by atoms with E-state index in [9.17, 15) is 18.0 Å². The fourth-order valence-electron chi connectivity index (χ4n) is 2.88. The minimum atomic E-state index is -4.69. The molecule has 0 bridgehead atoms. The number of nitrogens with one attached hydrogen (secondary N) is 1. The minimum absolute atomic E-state index is 0.124. The van der Waals surface area contributed by atoms with Crippen LogP contribution in [0.5, 0.6) is 0 Å². The Balaban J connectivity index is 1.49. The molecule has 6 nitrogen and oxygen atoms in total. The van der Waals surface area contributed by atoms with Crippen molar-refractivity contribution in [3.63, 3.8) is 0 Å². The summed E-state index contributed by atoms with van der Waals surface area (Å²) in [6.45, 7) is 0.753. The van der Waals surface area contributed by atoms with E-state index in [-0.39, 0.29) is 11.9 Å². The monoisotopic (exact) mass is 462 g/mol. The van der Waals surface area contributed by atoms with E-state index in [0.717, 1.165) is 10.4 Å². The van der Waals surface area contributed by atoms with Crippen molar-refractivity contribution in [3.8, 4) is 10.7 Å². The number of thiophene rings is 1. The maximum absolute atomic E-state index is 12.7. The molecule has 2 aromatic heterocycles. The highest BCUT2D eigenvalue weighted by Crippen LogP contribution is 2.35. The third kappa shape index (κ3) is 4.34. The SMILES string of the molecule is O=C(Nc1cc(Cl)cc(Cl)c1)N1CCc2sc(-c3noc(C(F)(F)F)n3)cc2C1. The molecule has 0 radical (unpaired) electrons. The second kappa shape index (κ2) is 7.51. The van der Waals surface area contributed by atoms with Crippen molar-refractivity contribution in [2.75, 3.05) is 11.9 Å². The fourth-order valence-corrected chi connectivity index (χ4v) is 4.50. The van der Waals surface area contributed by atoms with Crippen LogP contribution in [0, 0.1) is 0 Å². The molecular weight excluding hydrogens is 452 g/mol.